The zero-order valence-electron chi connectivity index (χ0n) is 15.6. The summed E-state index contributed by atoms with van der Waals surface area (Å²) >= 11 is 1.35. The average Bonchev–Trinajstić information content (AvgIpc) is 2.96. The molecule has 1 amide bonds. The van der Waals surface area contributed by atoms with Crippen molar-refractivity contribution in [1.82, 2.24) is 14.5 Å². The van der Waals surface area contributed by atoms with Crippen LogP contribution in [0.4, 0.5) is 4.39 Å². The summed E-state index contributed by atoms with van der Waals surface area (Å²) in [6.07, 6.45) is 1.61. The Labute approximate surface area is 158 Å². The van der Waals surface area contributed by atoms with Gasteiger partial charge >= 0.3 is 0 Å². The number of benzene rings is 1. The number of hydrogen-bond acceptors (Lipinski definition) is 4. The van der Waals surface area contributed by atoms with Crippen LogP contribution in [0.1, 0.15) is 39.0 Å². The van der Waals surface area contributed by atoms with E-state index in [1.807, 2.05) is 37.2 Å². The van der Waals surface area contributed by atoms with E-state index in [9.17, 15) is 14.3 Å². The fraction of sp³-hybridized carbons (Fsp3) is 0.474. The second-order valence-corrected chi connectivity index (χ2v) is 7.62. The summed E-state index contributed by atoms with van der Waals surface area (Å²) in [5, 5.41) is 10.2. The van der Waals surface area contributed by atoms with Crippen LogP contribution in [0.25, 0.3) is 0 Å². The van der Waals surface area contributed by atoms with Gasteiger partial charge in [-0.1, -0.05) is 23.9 Å². The Bertz CT molecular complexity index is 721. The molecule has 2 rings (SSSR count). The van der Waals surface area contributed by atoms with E-state index < -0.39 is 0 Å². The molecule has 0 fully saturated rings. The molecule has 1 aromatic carbocycles. The van der Waals surface area contributed by atoms with Gasteiger partial charge in [0.15, 0.2) is 5.16 Å². The van der Waals surface area contributed by atoms with Crippen molar-refractivity contribution in [2.45, 2.75) is 58.1 Å². The minimum absolute atomic E-state index is 0.0573. The first-order valence-corrected chi connectivity index (χ1v) is 9.65. The maximum atomic E-state index is 13.1. The Balaban J connectivity index is 2.13. The van der Waals surface area contributed by atoms with Crippen molar-refractivity contribution in [2.75, 3.05) is 5.75 Å². The lowest BCUT2D eigenvalue weighted by Crippen LogP contribution is -2.43. The van der Waals surface area contributed by atoms with Crippen LogP contribution in [-0.2, 0) is 17.9 Å². The standard InChI is InChI=1S/C19H26FN3O2S/c1-13(2)23(14(3)4)18(25)12-26-19-21-9-17(11-24)22(19)10-15-5-7-16(20)8-6-15/h5-9,13-14,24H,10-12H2,1-4H3. The summed E-state index contributed by atoms with van der Waals surface area (Å²) in [6, 6.07) is 6.49. The number of rotatable bonds is 8. The van der Waals surface area contributed by atoms with Gasteiger partial charge in [-0.15, -0.1) is 0 Å². The Hall–Kier alpha value is -1.86. The first-order chi connectivity index (χ1) is 12.3. The van der Waals surface area contributed by atoms with E-state index >= 15 is 0 Å². The van der Waals surface area contributed by atoms with Crippen molar-refractivity contribution in [3.8, 4) is 0 Å². The van der Waals surface area contributed by atoms with Crippen LogP contribution >= 0.6 is 11.8 Å². The third kappa shape index (κ3) is 5.08. The number of amides is 1. The van der Waals surface area contributed by atoms with E-state index in [2.05, 4.69) is 4.98 Å². The van der Waals surface area contributed by atoms with Gasteiger partial charge in [0.2, 0.25) is 5.91 Å². The molecule has 142 valence electrons. The van der Waals surface area contributed by atoms with Crippen LogP contribution in [-0.4, -0.2) is 43.3 Å². The van der Waals surface area contributed by atoms with E-state index in [1.165, 1.54) is 23.9 Å². The molecular formula is C19H26FN3O2S. The number of hydrogen-bond donors (Lipinski definition) is 1. The largest absolute Gasteiger partial charge is 0.390 e. The molecule has 0 aliphatic carbocycles. The molecule has 0 saturated carbocycles. The lowest BCUT2D eigenvalue weighted by Gasteiger charge is -2.30. The van der Waals surface area contributed by atoms with E-state index in [4.69, 9.17) is 0 Å². The number of imidazole rings is 1. The number of carbonyl (C=O) groups is 1. The zero-order valence-corrected chi connectivity index (χ0v) is 16.5. The lowest BCUT2D eigenvalue weighted by atomic mass is 10.2. The number of aliphatic hydroxyl groups excluding tert-OH is 1. The Morgan fingerprint density at radius 3 is 2.38 bits per heavy atom. The summed E-state index contributed by atoms with van der Waals surface area (Å²) in [5.74, 6) is 0.0491. The fourth-order valence-corrected chi connectivity index (χ4v) is 3.81. The summed E-state index contributed by atoms with van der Waals surface area (Å²) in [4.78, 5) is 18.8. The molecule has 0 bridgehead atoms. The van der Waals surface area contributed by atoms with E-state index in [-0.39, 0.29) is 36.2 Å². The number of halogens is 1. The highest BCUT2D eigenvalue weighted by molar-refractivity contribution is 7.99. The molecule has 26 heavy (non-hydrogen) atoms. The molecule has 0 aliphatic rings. The number of thioether (sulfide) groups is 1. The molecule has 1 heterocycles. The van der Waals surface area contributed by atoms with Gasteiger partial charge in [0.1, 0.15) is 5.82 Å². The van der Waals surface area contributed by atoms with Crippen LogP contribution in [0, 0.1) is 5.82 Å². The van der Waals surface area contributed by atoms with Gasteiger partial charge in [0.25, 0.3) is 0 Å². The molecule has 0 unspecified atom stereocenters. The highest BCUT2D eigenvalue weighted by Crippen LogP contribution is 2.22. The van der Waals surface area contributed by atoms with E-state index in [0.717, 1.165) is 5.56 Å². The first kappa shape index (κ1) is 20.5. The third-order valence-corrected chi connectivity index (χ3v) is 5.02. The summed E-state index contributed by atoms with van der Waals surface area (Å²) in [7, 11) is 0. The van der Waals surface area contributed by atoms with E-state index in [0.29, 0.717) is 17.4 Å². The normalized spacial score (nSPS) is 11.4. The predicted octanol–water partition coefficient (Wildman–Crippen LogP) is 3.30. The highest BCUT2D eigenvalue weighted by atomic mass is 32.2. The van der Waals surface area contributed by atoms with Crippen LogP contribution < -0.4 is 0 Å². The van der Waals surface area contributed by atoms with Gasteiger partial charge in [-0.2, -0.15) is 0 Å². The zero-order chi connectivity index (χ0) is 19.3. The topological polar surface area (TPSA) is 58.4 Å². The molecular weight excluding hydrogens is 353 g/mol. The molecule has 0 spiro atoms. The minimum atomic E-state index is -0.288. The van der Waals surface area contributed by atoms with Crippen LogP contribution in [0.15, 0.2) is 35.6 Å². The molecule has 7 heteroatoms. The van der Waals surface area contributed by atoms with Gasteiger partial charge in [-0.25, -0.2) is 9.37 Å². The van der Waals surface area contributed by atoms with Crippen molar-refractivity contribution in [1.29, 1.82) is 0 Å². The van der Waals surface area contributed by atoms with Gasteiger partial charge in [0, 0.05) is 18.6 Å². The van der Waals surface area contributed by atoms with Crippen LogP contribution in [0.2, 0.25) is 0 Å². The molecule has 0 radical (unpaired) electrons. The molecule has 0 atom stereocenters. The third-order valence-electron chi connectivity index (χ3n) is 4.04. The van der Waals surface area contributed by atoms with Gasteiger partial charge < -0.3 is 14.6 Å². The molecule has 2 aromatic rings. The number of aliphatic hydroxyl groups is 1. The van der Waals surface area contributed by atoms with Crippen LogP contribution in [0.3, 0.4) is 0 Å². The SMILES string of the molecule is CC(C)N(C(=O)CSc1ncc(CO)n1Cc1ccc(F)cc1)C(C)C. The smallest absolute Gasteiger partial charge is 0.233 e. The van der Waals surface area contributed by atoms with Crippen molar-refractivity contribution in [3.63, 3.8) is 0 Å². The fourth-order valence-electron chi connectivity index (χ4n) is 2.95. The molecule has 5 nitrogen and oxygen atoms in total. The summed E-state index contributed by atoms with van der Waals surface area (Å²) in [6.45, 7) is 8.32. The van der Waals surface area contributed by atoms with Crippen molar-refractivity contribution < 1.29 is 14.3 Å². The van der Waals surface area contributed by atoms with Crippen molar-refractivity contribution in [3.05, 3.63) is 47.5 Å². The second-order valence-electron chi connectivity index (χ2n) is 6.68. The Kier molecular flexibility index (Phi) is 7.23. The van der Waals surface area contributed by atoms with Gasteiger partial charge in [-0.3, -0.25) is 4.79 Å². The monoisotopic (exact) mass is 379 g/mol. The van der Waals surface area contributed by atoms with Gasteiger partial charge in [-0.05, 0) is 45.4 Å². The maximum absolute atomic E-state index is 13.1. The quantitative estimate of drug-likeness (QED) is 0.715. The number of carbonyl (C=O) groups excluding carboxylic acids is 1. The summed E-state index contributed by atoms with van der Waals surface area (Å²) < 4.78 is 15.0. The van der Waals surface area contributed by atoms with Crippen molar-refractivity contribution >= 4 is 17.7 Å². The molecule has 0 aliphatic heterocycles. The summed E-state index contributed by atoms with van der Waals surface area (Å²) in [5.41, 5.74) is 1.56. The minimum Gasteiger partial charge on any atom is -0.390 e. The average molecular weight is 380 g/mol. The lowest BCUT2D eigenvalue weighted by molar-refractivity contribution is -0.131. The number of aromatic nitrogens is 2. The molecule has 1 N–H and O–H groups in total. The van der Waals surface area contributed by atoms with Gasteiger partial charge in [0.05, 0.1) is 24.3 Å². The highest BCUT2D eigenvalue weighted by Gasteiger charge is 2.21. The van der Waals surface area contributed by atoms with E-state index in [1.54, 1.807) is 18.3 Å². The first-order valence-electron chi connectivity index (χ1n) is 8.67. The Morgan fingerprint density at radius 2 is 1.85 bits per heavy atom. The molecule has 0 saturated heterocycles. The Morgan fingerprint density at radius 1 is 1.23 bits per heavy atom. The molecule has 1 aromatic heterocycles. The maximum Gasteiger partial charge on any atom is 0.233 e. The number of nitrogens with zero attached hydrogens (tertiary/aromatic N) is 3. The predicted molar refractivity (Wildman–Crippen MR) is 101 cm³/mol. The second kappa shape index (κ2) is 9.19. The van der Waals surface area contributed by atoms with Crippen molar-refractivity contribution in [2.24, 2.45) is 0 Å². The van der Waals surface area contributed by atoms with Crippen LogP contribution in [0.5, 0.6) is 0 Å².